The average Bonchev–Trinajstić information content (AvgIpc) is 3.28. The maximum atomic E-state index is 12.2. The Hall–Kier alpha value is -2.37. The SMILES string of the molecule is CC(C)[C@@H](NC(=O)c1cccc(NC(=O)C2CC2)c1)C(=O)O. The molecule has 1 aliphatic rings. The summed E-state index contributed by atoms with van der Waals surface area (Å²) in [5.74, 6) is -1.72. The zero-order valence-electron chi connectivity index (χ0n) is 12.6. The predicted molar refractivity (Wildman–Crippen MR) is 81.5 cm³/mol. The zero-order valence-corrected chi connectivity index (χ0v) is 12.6. The minimum Gasteiger partial charge on any atom is -0.480 e. The summed E-state index contributed by atoms with van der Waals surface area (Å²) in [7, 11) is 0. The minimum atomic E-state index is -1.07. The van der Waals surface area contributed by atoms with Gasteiger partial charge in [0, 0.05) is 17.2 Å². The lowest BCUT2D eigenvalue weighted by molar-refractivity contribution is -0.140. The average molecular weight is 304 g/mol. The van der Waals surface area contributed by atoms with Crippen molar-refractivity contribution in [3.05, 3.63) is 29.8 Å². The Kier molecular flexibility index (Phi) is 4.80. The van der Waals surface area contributed by atoms with Gasteiger partial charge in [-0.05, 0) is 37.0 Å². The van der Waals surface area contributed by atoms with Crippen molar-refractivity contribution in [3.8, 4) is 0 Å². The maximum Gasteiger partial charge on any atom is 0.326 e. The van der Waals surface area contributed by atoms with Crippen molar-refractivity contribution < 1.29 is 19.5 Å². The zero-order chi connectivity index (χ0) is 16.3. The van der Waals surface area contributed by atoms with Crippen LogP contribution in [0.15, 0.2) is 24.3 Å². The Morgan fingerprint density at radius 2 is 1.91 bits per heavy atom. The molecule has 1 aliphatic carbocycles. The third-order valence-electron chi connectivity index (χ3n) is 3.56. The van der Waals surface area contributed by atoms with Gasteiger partial charge >= 0.3 is 5.97 Å². The van der Waals surface area contributed by atoms with E-state index in [1.165, 1.54) is 0 Å². The molecule has 0 aromatic heterocycles. The number of carbonyl (C=O) groups excluding carboxylic acids is 2. The van der Waals surface area contributed by atoms with Crippen molar-refractivity contribution in [3.63, 3.8) is 0 Å². The van der Waals surface area contributed by atoms with Gasteiger partial charge in [-0.15, -0.1) is 0 Å². The van der Waals surface area contributed by atoms with Crippen LogP contribution < -0.4 is 10.6 Å². The van der Waals surface area contributed by atoms with Crippen LogP contribution in [-0.2, 0) is 9.59 Å². The molecule has 22 heavy (non-hydrogen) atoms. The summed E-state index contributed by atoms with van der Waals surface area (Å²) < 4.78 is 0. The van der Waals surface area contributed by atoms with Crippen molar-refractivity contribution in [2.24, 2.45) is 11.8 Å². The van der Waals surface area contributed by atoms with Gasteiger partial charge < -0.3 is 15.7 Å². The number of carboxylic acids is 1. The first kappa shape index (κ1) is 16.0. The number of carboxylic acid groups (broad SMARTS) is 1. The summed E-state index contributed by atoms with van der Waals surface area (Å²) in [6.07, 6.45) is 1.81. The highest BCUT2D eigenvalue weighted by atomic mass is 16.4. The second-order valence-corrected chi connectivity index (χ2v) is 5.88. The Labute approximate surface area is 128 Å². The summed E-state index contributed by atoms with van der Waals surface area (Å²) in [5.41, 5.74) is 0.862. The quantitative estimate of drug-likeness (QED) is 0.747. The lowest BCUT2D eigenvalue weighted by Gasteiger charge is -2.18. The number of anilines is 1. The first-order valence-corrected chi connectivity index (χ1v) is 7.33. The smallest absolute Gasteiger partial charge is 0.326 e. The highest BCUT2D eigenvalue weighted by Gasteiger charge is 2.29. The Morgan fingerprint density at radius 3 is 2.45 bits per heavy atom. The second kappa shape index (κ2) is 6.60. The normalized spacial score (nSPS) is 15.2. The summed E-state index contributed by atoms with van der Waals surface area (Å²) in [6.45, 7) is 3.46. The van der Waals surface area contributed by atoms with Crippen LogP contribution in [0.25, 0.3) is 0 Å². The number of hydrogen-bond acceptors (Lipinski definition) is 3. The van der Waals surface area contributed by atoms with Crippen LogP contribution in [0.5, 0.6) is 0 Å². The van der Waals surface area contributed by atoms with Gasteiger partial charge in [-0.3, -0.25) is 9.59 Å². The monoisotopic (exact) mass is 304 g/mol. The fraction of sp³-hybridized carbons (Fsp3) is 0.438. The van der Waals surface area contributed by atoms with Crippen molar-refractivity contribution in [2.45, 2.75) is 32.7 Å². The fourth-order valence-electron chi connectivity index (χ4n) is 2.07. The minimum absolute atomic E-state index is 0.0387. The number of carbonyl (C=O) groups is 3. The van der Waals surface area contributed by atoms with E-state index in [1.807, 2.05) is 0 Å². The van der Waals surface area contributed by atoms with E-state index in [0.29, 0.717) is 11.3 Å². The number of nitrogens with one attached hydrogen (secondary N) is 2. The number of benzene rings is 1. The molecule has 3 N–H and O–H groups in total. The lowest BCUT2D eigenvalue weighted by Crippen LogP contribution is -2.44. The molecule has 2 rings (SSSR count). The fourth-order valence-corrected chi connectivity index (χ4v) is 2.07. The lowest BCUT2D eigenvalue weighted by atomic mass is 10.0. The highest BCUT2D eigenvalue weighted by molar-refractivity contribution is 5.99. The van der Waals surface area contributed by atoms with E-state index >= 15 is 0 Å². The number of amides is 2. The molecule has 1 atom stereocenters. The molecule has 1 aromatic rings. The first-order valence-electron chi connectivity index (χ1n) is 7.33. The molecule has 0 saturated heterocycles. The van der Waals surface area contributed by atoms with Crippen molar-refractivity contribution in [1.29, 1.82) is 0 Å². The number of hydrogen-bond donors (Lipinski definition) is 3. The standard InChI is InChI=1S/C16H20N2O4/c1-9(2)13(16(21)22)18-15(20)11-4-3-5-12(8-11)17-14(19)10-6-7-10/h3-5,8-10,13H,6-7H2,1-2H3,(H,17,19)(H,18,20)(H,21,22)/t13-/m1/s1. The van der Waals surface area contributed by atoms with Crippen LogP contribution >= 0.6 is 0 Å². The van der Waals surface area contributed by atoms with Gasteiger partial charge in [0.25, 0.3) is 5.91 Å². The molecule has 6 nitrogen and oxygen atoms in total. The van der Waals surface area contributed by atoms with Crippen molar-refractivity contribution >= 4 is 23.5 Å². The molecule has 118 valence electrons. The Morgan fingerprint density at radius 1 is 1.23 bits per heavy atom. The Bertz CT molecular complexity index is 594. The molecular formula is C16H20N2O4. The van der Waals surface area contributed by atoms with E-state index in [0.717, 1.165) is 12.8 Å². The molecule has 1 aromatic carbocycles. The summed E-state index contributed by atoms with van der Waals surface area (Å²) in [4.78, 5) is 35.0. The highest BCUT2D eigenvalue weighted by Crippen LogP contribution is 2.30. The second-order valence-electron chi connectivity index (χ2n) is 5.88. The molecule has 0 heterocycles. The van der Waals surface area contributed by atoms with Gasteiger partial charge in [-0.25, -0.2) is 4.79 Å². The van der Waals surface area contributed by atoms with Crippen molar-refractivity contribution in [2.75, 3.05) is 5.32 Å². The van der Waals surface area contributed by atoms with Gasteiger partial charge in [0.1, 0.15) is 6.04 Å². The van der Waals surface area contributed by atoms with Crippen LogP contribution in [-0.4, -0.2) is 28.9 Å². The maximum absolute atomic E-state index is 12.2. The Balaban J connectivity index is 2.05. The molecule has 1 fully saturated rings. The van der Waals surface area contributed by atoms with Crippen LogP contribution in [0.2, 0.25) is 0 Å². The van der Waals surface area contributed by atoms with Crippen LogP contribution in [0.4, 0.5) is 5.69 Å². The molecular weight excluding hydrogens is 284 g/mol. The van der Waals surface area contributed by atoms with Gasteiger partial charge in [-0.1, -0.05) is 19.9 Å². The van der Waals surface area contributed by atoms with E-state index in [9.17, 15) is 14.4 Å². The molecule has 6 heteroatoms. The van der Waals surface area contributed by atoms with Crippen LogP contribution in [0, 0.1) is 11.8 Å². The predicted octanol–water partition coefficient (Wildman–Crippen LogP) is 1.87. The van der Waals surface area contributed by atoms with E-state index in [4.69, 9.17) is 5.11 Å². The topological polar surface area (TPSA) is 95.5 Å². The van der Waals surface area contributed by atoms with E-state index in [1.54, 1.807) is 38.1 Å². The number of rotatable bonds is 6. The van der Waals surface area contributed by atoms with E-state index in [2.05, 4.69) is 10.6 Å². The summed E-state index contributed by atoms with van der Waals surface area (Å²) in [5, 5.41) is 14.4. The molecule has 0 bridgehead atoms. The largest absolute Gasteiger partial charge is 0.480 e. The van der Waals surface area contributed by atoms with Gasteiger partial charge in [0.2, 0.25) is 5.91 Å². The van der Waals surface area contributed by atoms with Crippen molar-refractivity contribution in [1.82, 2.24) is 5.32 Å². The molecule has 2 amide bonds. The van der Waals surface area contributed by atoms with Gasteiger partial charge in [-0.2, -0.15) is 0 Å². The first-order chi connectivity index (χ1) is 10.4. The van der Waals surface area contributed by atoms with Gasteiger partial charge in [0.05, 0.1) is 0 Å². The van der Waals surface area contributed by atoms with E-state index in [-0.39, 0.29) is 17.7 Å². The van der Waals surface area contributed by atoms with Gasteiger partial charge in [0.15, 0.2) is 0 Å². The van der Waals surface area contributed by atoms with E-state index < -0.39 is 17.9 Å². The number of aliphatic carboxylic acids is 1. The molecule has 0 radical (unpaired) electrons. The molecule has 0 unspecified atom stereocenters. The van der Waals surface area contributed by atoms with Crippen LogP contribution in [0.3, 0.4) is 0 Å². The molecule has 0 aliphatic heterocycles. The summed E-state index contributed by atoms with van der Waals surface area (Å²) >= 11 is 0. The molecule has 1 saturated carbocycles. The third-order valence-corrected chi connectivity index (χ3v) is 3.56. The van der Waals surface area contributed by atoms with Crippen LogP contribution in [0.1, 0.15) is 37.0 Å². The third kappa shape index (κ3) is 4.07. The summed E-state index contributed by atoms with van der Waals surface area (Å²) in [6, 6.07) is 5.55. The molecule has 0 spiro atoms.